The molecule has 1 rings (SSSR count). The van der Waals surface area contributed by atoms with Crippen LogP contribution in [0.2, 0.25) is 0 Å². The summed E-state index contributed by atoms with van der Waals surface area (Å²) in [6, 6.07) is 7.39. The lowest BCUT2D eigenvalue weighted by molar-refractivity contribution is -0.114. The van der Waals surface area contributed by atoms with Crippen LogP contribution in [0.25, 0.3) is 0 Å². The molecule has 0 unspecified atom stereocenters. The summed E-state index contributed by atoms with van der Waals surface area (Å²) < 4.78 is 11.5. The molecule has 0 amide bonds. The first-order chi connectivity index (χ1) is 6.09. The molecule has 0 saturated heterocycles. The van der Waals surface area contributed by atoms with Crippen molar-refractivity contribution in [1.82, 2.24) is 0 Å². The number of rotatable bonds is 3. The Morgan fingerprint density at radius 3 is 2.31 bits per heavy atom. The molecule has 13 heavy (non-hydrogen) atoms. The first kappa shape index (κ1) is 10.1. The molecule has 0 aromatic heterocycles. The Balaban J connectivity index is 2.78. The van der Waals surface area contributed by atoms with E-state index in [0.29, 0.717) is 0 Å². The van der Waals surface area contributed by atoms with Gasteiger partial charge in [0, 0.05) is 4.90 Å². The lowest BCUT2D eigenvalue weighted by Gasteiger charge is -1.99. The molecule has 1 aromatic carbocycles. The van der Waals surface area contributed by atoms with E-state index in [2.05, 4.69) is 0 Å². The van der Waals surface area contributed by atoms with Crippen LogP contribution >= 0.6 is 0 Å². The van der Waals surface area contributed by atoms with E-state index in [1.165, 1.54) is 6.92 Å². The summed E-state index contributed by atoms with van der Waals surface area (Å²) in [4.78, 5) is 11.4. The first-order valence-corrected chi connectivity index (χ1v) is 5.36. The molecule has 0 radical (unpaired) electrons. The van der Waals surface area contributed by atoms with Crippen LogP contribution in [0, 0.1) is 6.92 Å². The largest absolute Gasteiger partial charge is 0.299 e. The van der Waals surface area contributed by atoms with Crippen molar-refractivity contribution in [2.24, 2.45) is 0 Å². The summed E-state index contributed by atoms with van der Waals surface area (Å²) in [5.41, 5.74) is 1.13. The highest BCUT2D eigenvalue weighted by Crippen LogP contribution is 2.08. The number of carbonyl (C=O) groups is 1. The van der Waals surface area contributed by atoms with Crippen molar-refractivity contribution in [3.05, 3.63) is 29.8 Å². The van der Waals surface area contributed by atoms with E-state index in [0.717, 1.165) is 10.5 Å². The maximum Gasteiger partial charge on any atom is 0.142 e. The minimum absolute atomic E-state index is 0.0427. The molecular weight excluding hydrogens is 184 g/mol. The Morgan fingerprint density at radius 1 is 1.31 bits per heavy atom. The summed E-state index contributed by atoms with van der Waals surface area (Å²) in [7, 11) is -1.17. The third kappa shape index (κ3) is 3.11. The summed E-state index contributed by atoms with van der Waals surface area (Å²) in [5, 5.41) is 0. The van der Waals surface area contributed by atoms with Gasteiger partial charge in [0.2, 0.25) is 0 Å². The molecule has 1 atom stereocenters. The second kappa shape index (κ2) is 4.33. The average molecular weight is 196 g/mol. The van der Waals surface area contributed by atoms with Crippen LogP contribution in [0.3, 0.4) is 0 Å². The SMILES string of the molecule is CC(=O)C[S@](=O)c1ccc(C)cc1. The van der Waals surface area contributed by atoms with Crippen molar-refractivity contribution in [3.8, 4) is 0 Å². The smallest absolute Gasteiger partial charge is 0.142 e. The Morgan fingerprint density at radius 2 is 1.85 bits per heavy atom. The monoisotopic (exact) mass is 196 g/mol. The molecule has 70 valence electrons. The minimum atomic E-state index is -1.17. The second-order valence-corrected chi connectivity index (χ2v) is 4.46. The van der Waals surface area contributed by atoms with E-state index >= 15 is 0 Å². The van der Waals surface area contributed by atoms with Gasteiger partial charge >= 0.3 is 0 Å². The standard InChI is InChI=1S/C10H12O2S/c1-8-3-5-10(6-4-8)13(12)7-9(2)11/h3-6H,7H2,1-2H3/t13-/m0/s1. The zero-order chi connectivity index (χ0) is 9.84. The molecule has 0 aliphatic carbocycles. The van der Waals surface area contributed by atoms with E-state index in [-0.39, 0.29) is 11.5 Å². The maximum atomic E-state index is 11.5. The fourth-order valence-electron chi connectivity index (χ4n) is 0.958. The van der Waals surface area contributed by atoms with Gasteiger partial charge in [-0.25, -0.2) is 0 Å². The Kier molecular flexibility index (Phi) is 3.37. The lowest BCUT2D eigenvalue weighted by atomic mass is 10.2. The van der Waals surface area contributed by atoms with E-state index < -0.39 is 10.8 Å². The van der Waals surface area contributed by atoms with E-state index in [1.807, 2.05) is 19.1 Å². The molecule has 1 aromatic rings. The average Bonchev–Trinajstić information content (AvgIpc) is 2.04. The highest BCUT2D eigenvalue weighted by Gasteiger charge is 2.05. The molecule has 2 nitrogen and oxygen atoms in total. The van der Waals surface area contributed by atoms with Gasteiger partial charge in [-0.15, -0.1) is 0 Å². The number of hydrogen-bond acceptors (Lipinski definition) is 2. The van der Waals surface area contributed by atoms with Gasteiger partial charge in [-0.05, 0) is 26.0 Å². The zero-order valence-corrected chi connectivity index (χ0v) is 8.56. The Hall–Kier alpha value is -0.960. The van der Waals surface area contributed by atoms with Gasteiger partial charge < -0.3 is 0 Å². The molecule has 0 saturated carbocycles. The highest BCUT2D eigenvalue weighted by atomic mass is 32.2. The predicted molar refractivity (Wildman–Crippen MR) is 53.1 cm³/mol. The Bertz CT molecular complexity index is 327. The van der Waals surface area contributed by atoms with Crippen molar-refractivity contribution in [2.45, 2.75) is 18.7 Å². The van der Waals surface area contributed by atoms with Crippen LogP contribution < -0.4 is 0 Å². The van der Waals surface area contributed by atoms with Crippen molar-refractivity contribution in [2.75, 3.05) is 5.75 Å². The van der Waals surface area contributed by atoms with Gasteiger partial charge in [0.15, 0.2) is 0 Å². The third-order valence-corrected chi connectivity index (χ3v) is 3.08. The van der Waals surface area contributed by atoms with Gasteiger partial charge in [-0.1, -0.05) is 17.7 Å². The van der Waals surface area contributed by atoms with Gasteiger partial charge in [0.1, 0.15) is 5.78 Å². The lowest BCUT2D eigenvalue weighted by Crippen LogP contribution is -2.06. The molecule has 3 heteroatoms. The summed E-state index contributed by atoms with van der Waals surface area (Å²) >= 11 is 0. The van der Waals surface area contributed by atoms with Crippen LogP contribution in [0.4, 0.5) is 0 Å². The zero-order valence-electron chi connectivity index (χ0n) is 7.74. The van der Waals surface area contributed by atoms with Crippen LogP contribution in [-0.2, 0) is 15.6 Å². The fraction of sp³-hybridized carbons (Fsp3) is 0.300. The number of ketones is 1. The molecule has 0 fully saturated rings. The molecular formula is C10H12O2S. The van der Waals surface area contributed by atoms with E-state index in [1.54, 1.807) is 12.1 Å². The van der Waals surface area contributed by atoms with Crippen LogP contribution in [-0.4, -0.2) is 15.7 Å². The second-order valence-electron chi connectivity index (χ2n) is 3.00. The van der Waals surface area contributed by atoms with E-state index in [9.17, 15) is 9.00 Å². The van der Waals surface area contributed by atoms with Gasteiger partial charge in [0.05, 0.1) is 16.6 Å². The fourth-order valence-corrected chi connectivity index (χ4v) is 1.93. The van der Waals surface area contributed by atoms with Crippen LogP contribution in [0.15, 0.2) is 29.2 Å². The number of Topliss-reactive ketones (excluding diaryl/α,β-unsaturated/α-hetero) is 1. The predicted octanol–water partition coefficient (Wildman–Crippen LogP) is 1.69. The minimum Gasteiger partial charge on any atom is -0.299 e. The molecule has 0 aliphatic heterocycles. The normalized spacial score (nSPS) is 12.5. The molecule has 0 N–H and O–H groups in total. The van der Waals surface area contributed by atoms with Gasteiger partial charge in [-0.3, -0.25) is 9.00 Å². The van der Waals surface area contributed by atoms with Crippen molar-refractivity contribution in [3.63, 3.8) is 0 Å². The van der Waals surface area contributed by atoms with Crippen LogP contribution in [0.1, 0.15) is 12.5 Å². The topological polar surface area (TPSA) is 34.1 Å². The summed E-state index contributed by atoms with van der Waals surface area (Å²) in [5.74, 6) is 0.0715. The quantitative estimate of drug-likeness (QED) is 0.737. The van der Waals surface area contributed by atoms with E-state index in [4.69, 9.17) is 0 Å². The number of aryl methyl sites for hydroxylation is 1. The molecule has 0 heterocycles. The Labute approximate surface area is 80.4 Å². The van der Waals surface area contributed by atoms with Gasteiger partial charge in [0.25, 0.3) is 0 Å². The number of carbonyl (C=O) groups excluding carboxylic acids is 1. The number of benzene rings is 1. The summed E-state index contributed by atoms with van der Waals surface area (Å²) in [6.45, 7) is 3.42. The van der Waals surface area contributed by atoms with Crippen molar-refractivity contribution in [1.29, 1.82) is 0 Å². The molecule has 0 aliphatic rings. The molecule has 0 bridgehead atoms. The summed E-state index contributed by atoms with van der Waals surface area (Å²) in [6.07, 6.45) is 0. The third-order valence-electron chi connectivity index (χ3n) is 1.62. The van der Waals surface area contributed by atoms with Crippen molar-refractivity contribution >= 4 is 16.6 Å². The number of hydrogen-bond donors (Lipinski definition) is 0. The first-order valence-electron chi connectivity index (χ1n) is 4.04. The maximum absolute atomic E-state index is 11.5. The van der Waals surface area contributed by atoms with Gasteiger partial charge in [-0.2, -0.15) is 0 Å². The van der Waals surface area contributed by atoms with Crippen LogP contribution in [0.5, 0.6) is 0 Å². The van der Waals surface area contributed by atoms with Crippen molar-refractivity contribution < 1.29 is 9.00 Å². The highest BCUT2D eigenvalue weighted by molar-refractivity contribution is 7.85. The molecule has 0 spiro atoms.